The van der Waals surface area contributed by atoms with Crippen molar-refractivity contribution >= 4 is 29.7 Å². The Hall–Kier alpha value is -3.78. The maximum Gasteiger partial charge on any atom is 0.407 e. The summed E-state index contributed by atoms with van der Waals surface area (Å²) in [4.78, 5) is 38.4. The maximum absolute atomic E-state index is 13.0. The molecule has 0 saturated heterocycles. The number of thioether (sulfide) groups is 1. The maximum atomic E-state index is 13.0. The summed E-state index contributed by atoms with van der Waals surface area (Å²) in [6.45, 7) is 3.97. The summed E-state index contributed by atoms with van der Waals surface area (Å²) >= 11 is 1.02. The summed E-state index contributed by atoms with van der Waals surface area (Å²) in [5, 5.41) is 13.7. The number of carbonyl (C=O) groups excluding carboxylic acids is 2. The van der Waals surface area contributed by atoms with E-state index in [1.54, 1.807) is 24.3 Å². The van der Waals surface area contributed by atoms with Crippen molar-refractivity contribution in [3.8, 4) is 11.1 Å². The van der Waals surface area contributed by atoms with Crippen LogP contribution in [0.3, 0.4) is 0 Å². The Kier molecular flexibility index (Phi) is 8.50. The summed E-state index contributed by atoms with van der Waals surface area (Å²) in [6.07, 6.45) is -0.386. The molecule has 0 aliphatic heterocycles. The van der Waals surface area contributed by atoms with Crippen molar-refractivity contribution in [2.75, 3.05) is 6.61 Å². The standard InChI is InChI=1S/C29H30N2O5S/c1-18(2)16-25(26(32)31-27(28(33)34)37-19-10-4-3-5-11-19)30-29(35)36-17-24-22-14-8-6-12-20(22)21-13-7-9-15-23(21)24/h3-15,18,24-25,27H,16-17H2,1-2H3,(H,30,35)(H,31,32)(H,33,34)/t25-,27?/m0/s1. The lowest BCUT2D eigenvalue weighted by molar-refractivity contribution is -0.139. The van der Waals surface area contributed by atoms with E-state index in [2.05, 4.69) is 22.8 Å². The fourth-order valence-corrected chi connectivity index (χ4v) is 5.35. The number of hydrogen-bond acceptors (Lipinski definition) is 5. The molecule has 3 aromatic carbocycles. The molecule has 1 aliphatic rings. The number of carboxylic acid groups (broad SMARTS) is 1. The Morgan fingerprint density at radius 3 is 2.00 bits per heavy atom. The quantitative estimate of drug-likeness (QED) is 0.250. The largest absolute Gasteiger partial charge is 0.479 e. The molecule has 0 heterocycles. The van der Waals surface area contributed by atoms with E-state index in [1.165, 1.54) is 0 Å². The fraction of sp³-hybridized carbons (Fsp3) is 0.276. The fourth-order valence-electron chi connectivity index (χ4n) is 4.49. The summed E-state index contributed by atoms with van der Waals surface area (Å²) in [5.74, 6) is -1.77. The van der Waals surface area contributed by atoms with Crippen LogP contribution in [0.15, 0.2) is 83.8 Å². The van der Waals surface area contributed by atoms with Crippen LogP contribution in [0.25, 0.3) is 11.1 Å². The third kappa shape index (κ3) is 6.51. The van der Waals surface area contributed by atoms with E-state index in [-0.39, 0.29) is 18.4 Å². The normalized spacial score (nSPS) is 13.8. The van der Waals surface area contributed by atoms with Gasteiger partial charge in [-0.25, -0.2) is 9.59 Å². The summed E-state index contributed by atoms with van der Waals surface area (Å²) < 4.78 is 5.60. The number of benzene rings is 3. The summed E-state index contributed by atoms with van der Waals surface area (Å²) in [7, 11) is 0. The number of fused-ring (bicyclic) bond motifs is 3. The highest BCUT2D eigenvalue weighted by atomic mass is 32.2. The molecular weight excluding hydrogens is 488 g/mol. The molecule has 0 fully saturated rings. The first-order valence-electron chi connectivity index (χ1n) is 12.2. The Morgan fingerprint density at radius 2 is 1.43 bits per heavy atom. The van der Waals surface area contributed by atoms with Crippen LogP contribution in [0.1, 0.15) is 37.3 Å². The van der Waals surface area contributed by atoms with E-state index in [0.717, 1.165) is 34.0 Å². The number of carbonyl (C=O) groups is 3. The predicted molar refractivity (Wildman–Crippen MR) is 143 cm³/mol. The molecule has 0 spiro atoms. The number of nitrogens with one attached hydrogen (secondary N) is 2. The second kappa shape index (κ2) is 12.0. The van der Waals surface area contributed by atoms with Gasteiger partial charge in [-0.05, 0) is 46.7 Å². The van der Waals surface area contributed by atoms with Crippen molar-refractivity contribution < 1.29 is 24.2 Å². The predicted octanol–water partition coefficient (Wildman–Crippen LogP) is 5.26. The zero-order chi connectivity index (χ0) is 26.4. The highest BCUT2D eigenvalue weighted by molar-refractivity contribution is 8.00. The third-order valence-electron chi connectivity index (χ3n) is 6.15. The number of ether oxygens (including phenoxy) is 1. The highest BCUT2D eigenvalue weighted by Crippen LogP contribution is 2.44. The first-order chi connectivity index (χ1) is 17.8. The molecule has 0 radical (unpaired) electrons. The van der Waals surface area contributed by atoms with Gasteiger partial charge in [-0.3, -0.25) is 4.79 Å². The number of amides is 2. The van der Waals surface area contributed by atoms with E-state index in [1.807, 2.05) is 56.3 Å². The molecule has 8 heteroatoms. The lowest BCUT2D eigenvalue weighted by atomic mass is 9.98. The lowest BCUT2D eigenvalue weighted by Crippen LogP contribution is -2.51. The molecule has 2 amide bonds. The SMILES string of the molecule is CC(C)C[C@H](NC(=O)OCC1c2ccccc2-c2ccccc21)C(=O)NC(Sc1ccccc1)C(=O)O. The van der Waals surface area contributed by atoms with E-state index >= 15 is 0 Å². The molecule has 3 aromatic rings. The van der Waals surface area contributed by atoms with Gasteiger partial charge >= 0.3 is 12.1 Å². The van der Waals surface area contributed by atoms with Gasteiger partial charge in [-0.1, -0.05) is 92.3 Å². The van der Waals surface area contributed by atoms with E-state index in [9.17, 15) is 19.5 Å². The van der Waals surface area contributed by atoms with Crippen molar-refractivity contribution in [3.05, 3.63) is 90.0 Å². The van der Waals surface area contributed by atoms with Crippen molar-refractivity contribution in [1.29, 1.82) is 0 Å². The van der Waals surface area contributed by atoms with Crippen LogP contribution in [0.2, 0.25) is 0 Å². The second-order valence-corrected chi connectivity index (χ2v) is 10.5. The first-order valence-corrected chi connectivity index (χ1v) is 13.1. The molecule has 3 N–H and O–H groups in total. The summed E-state index contributed by atoms with van der Waals surface area (Å²) in [5.41, 5.74) is 4.44. The first kappa shape index (κ1) is 26.3. The van der Waals surface area contributed by atoms with Crippen LogP contribution in [0.4, 0.5) is 4.79 Å². The number of aliphatic carboxylic acids is 1. The zero-order valence-electron chi connectivity index (χ0n) is 20.7. The molecule has 7 nitrogen and oxygen atoms in total. The van der Waals surface area contributed by atoms with E-state index in [4.69, 9.17) is 4.74 Å². The van der Waals surface area contributed by atoms with Gasteiger partial charge in [0, 0.05) is 10.8 Å². The number of carboxylic acids is 1. The summed E-state index contributed by atoms with van der Waals surface area (Å²) in [6, 6.07) is 24.1. The van der Waals surface area contributed by atoms with Gasteiger partial charge in [-0.15, -0.1) is 0 Å². The van der Waals surface area contributed by atoms with Crippen LogP contribution in [-0.4, -0.2) is 41.1 Å². The average Bonchev–Trinajstić information content (AvgIpc) is 3.20. The minimum atomic E-state index is -1.20. The van der Waals surface area contributed by atoms with Crippen LogP contribution in [-0.2, 0) is 14.3 Å². The van der Waals surface area contributed by atoms with Gasteiger partial charge in [0.1, 0.15) is 12.6 Å². The molecule has 2 atom stereocenters. The molecule has 0 bridgehead atoms. The van der Waals surface area contributed by atoms with Crippen molar-refractivity contribution in [2.24, 2.45) is 5.92 Å². The topological polar surface area (TPSA) is 105 Å². The van der Waals surface area contributed by atoms with Crippen LogP contribution in [0, 0.1) is 5.92 Å². The molecular formula is C29H30N2O5S. The van der Waals surface area contributed by atoms with Gasteiger partial charge in [0.2, 0.25) is 5.91 Å². The molecule has 0 saturated carbocycles. The smallest absolute Gasteiger partial charge is 0.407 e. The number of alkyl carbamates (subject to hydrolysis) is 1. The van der Waals surface area contributed by atoms with Crippen LogP contribution < -0.4 is 10.6 Å². The van der Waals surface area contributed by atoms with Crippen molar-refractivity contribution in [1.82, 2.24) is 10.6 Å². The minimum absolute atomic E-state index is 0.0784. The molecule has 1 aliphatic carbocycles. The Morgan fingerprint density at radius 1 is 0.865 bits per heavy atom. The third-order valence-corrected chi connectivity index (χ3v) is 7.25. The van der Waals surface area contributed by atoms with E-state index in [0.29, 0.717) is 11.3 Å². The van der Waals surface area contributed by atoms with Gasteiger partial charge in [0.05, 0.1) is 0 Å². The van der Waals surface area contributed by atoms with Crippen LogP contribution >= 0.6 is 11.8 Å². The Bertz CT molecular complexity index is 1220. The monoisotopic (exact) mass is 518 g/mol. The molecule has 37 heavy (non-hydrogen) atoms. The lowest BCUT2D eigenvalue weighted by Gasteiger charge is -2.23. The van der Waals surface area contributed by atoms with Crippen molar-refractivity contribution in [3.63, 3.8) is 0 Å². The van der Waals surface area contributed by atoms with Gasteiger partial charge in [0.15, 0.2) is 5.37 Å². The van der Waals surface area contributed by atoms with E-state index < -0.39 is 29.4 Å². The number of hydrogen-bond donors (Lipinski definition) is 3. The highest BCUT2D eigenvalue weighted by Gasteiger charge is 2.31. The zero-order valence-corrected chi connectivity index (χ0v) is 21.5. The minimum Gasteiger partial charge on any atom is -0.479 e. The Balaban J connectivity index is 1.41. The van der Waals surface area contributed by atoms with Gasteiger partial charge in [0.25, 0.3) is 0 Å². The van der Waals surface area contributed by atoms with Gasteiger partial charge < -0.3 is 20.5 Å². The van der Waals surface area contributed by atoms with Crippen LogP contribution in [0.5, 0.6) is 0 Å². The average molecular weight is 519 g/mol. The molecule has 192 valence electrons. The van der Waals surface area contributed by atoms with Crippen molar-refractivity contribution in [2.45, 2.75) is 42.5 Å². The second-order valence-electron chi connectivity index (χ2n) is 9.31. The number of rotatable bonds is 10. The molecule has 1 unspecified atom stereocenters. The Labute approximate surface area is 220 Å². The van der Waals surface area contributed by atoms with Gasteiger partial charge in [-0.2, -0.15) is 0 Å². The molecule has 0 aromatic heterocycles. The molecule has 4 rings (SSSR count).